The van der Waals surface area contributed by atoms with Crippen LogP contribution >= 0.6 is 0 Å². The first kappa shape index (κ1) is 56.6. The molecule has 0 rings (SSSR count). The van der Waals surface area contributed by atoms with Crippen molar-refractivity contribution < 1.29 is 28.6 Å². The summed E-state index contributed by atoms with van der Waals surface area (Å²) in [6.45, 7) is 6.49. The second-order valence-electron chi connectivity index (χ2n) is 17.1. The minimum atomic E-state index is -0.785. The minimum absolute atomic E-state index is 0.0835. The Morgan fingerprint density at radius 2 is 0.661 bits per heavy atom. The summed E-state index contributed by atoms with van der Waals surface area (Å²) < 4.78 is 16.7. The highest BCUT2D eigenvalue weighted by molar-refractivity contribution is 5.71. The lowest BCUT2D eigenvalue weighted by molar-refractivity contribution is -0.167. The van der Waals surface area contributed by atoms with E-state index in [1.54, 1.807) is 0 Å². The fraction of sp³-hybridized carbons (Fsp3) is 0.830. The summed E-state index contributed by atoms with van der Waals surface area (Å²) in [7, 11) is 0. The second-order valence-corrected chi connectivity index (χ2v) is 17.1. The van der Waals surface area contributed by atoms with Crippen molar-refractivity contribution in [3.05, 3.63) is 36.5 Å². The summed E-state index contributed by atoms with van der Waals surface area (Å²) in [5, 5.41) is 0. The standard InChI is InChI=1S/C53H96O6/c1-4-7-10-13-16-19-22-24-25-26-27-28-29-32-34-37-40-43-46-52(55)58-49-50(48-57-51(54)45-42-39-36-33-30-21-18-15-12-9-6-3)59-53(56)47-44-41-38-35-31-23-20-17-14-11-8-5-2/h9,12,18,21,33,36,50H,4-8,10-11,13-17,19-20,22-32,34-35,37-49H2,1-3H3/b12-9-,21-18-,36-33-. The summed E-state index contributed by atoms with van der Waals surface area (Å²) in [4.78, 5) is 37.8. The SMILES string of the molecule is CC/C=C\C/C=C\C/C=C\CCCC(=O)OCC(COC(=O)CCCCCCCCCCCCCCCCCCCC)OC(=O)CCCCCCCCCCCCCC. The molecule has 0 amide bonds. The molecule has 0 aliphatic rings. The number of ether oxygens (including phenoxy) is 3. The summed E-state index contributed by atoms with van der Waals surface area (Å²) in [6, 6.07) is 0. The van der Waals surface area contributed by atoms with Gasteiger partial charge in [0.2, 0.25) is 0 Å². The molecule has 0 fully saturated rings. The van der Waals surface area contributed by atoms with Crippen molar-refractivity contribution in [1.82, 2.24) is 0 Å². The summed E-state index contributed by atoms with van der Waals surface area (Å²) >= 11 is 0. The maximum Gasteiger partial charge on any atom is 0.306 e. The van der Waals surface area contributed by atoms with Crippen molar-refractivity contribution in [3.63, 3.8) is 0 Å². The van der Waals surface area contributed by atoms with Crippen LogP contribution in [0.4, 0.5) is 0 Å². The molecule has 0 saturated carbocycles. The molecule has 0 aromatic rings. The van der Waals surface area contributed by atoms with E-state index in [1.807, 2.05) is 0 Å². The van der Waals surface area contributed by atoms with Crippen molar-refractivity contribution in [2.45, 2.75) is 271 Å². The molecule has 0 saturated heterocycles. The third-order valence-electron chi connectivity index (χ3n) is 11.2. The van der Waals surface area contributed by atoms with Gasteiger partial charge >= 0.3 is 17.9 Å². The second kappa shape index (κ2) is 48.3. The quantitative estimate of drug-likeness (QED) is 0.0263. The van der Waals surface area contributed by atoms with E-state index >= 15 is 0 Å². The van der Waals surface area contributed by atoms with Gasteiger partial charge in [-0.3, -0.25) is 14.4 Å². The Kier molecular flexibility index (Phi) is 46.4. The number of carbonyl (C=O) groups is 3. The Morgan fingerprint density at radius 3 is 1.03 bits per heavy atom. The average molecular weight is 829 g/mol. The lowest BCUT2D eigenvalue weighted by Crippen LogP contribution is -2.30. The molecule has 0 spiro atoms. The molecule has 0 radical (unpaired) electrons. The molecule has 6 heteroatoms. The Bertz CT molecular complexity index is 1000. The largest absolute Gasteiger partial charge is 0.462 e. The first-order chi connectivity index (χ1) is 29.0. The average Bonchev–Trinajstić information content (AvgIpc) is 3.23. The predicted octanol–water partition coefficient (Wildman–Crippen LogP) is 16.5. The van der Waals surface area contributed by atoms with Crippen LogP contribution in [0, 0.1) is 0 Å². The fourth-order valence-corrected chi connectivity index (χ4v) is 7.35. The van der Waals surface area contributed by atoms with Crippen LogP contribution in [0.5, 0.6) is 0 Å². The molecule has 0 heterocycles. The number of allylic oxidation sites excluding steroid dienone is 6. The van der Waals surface area contributed by atoms with Gasteiger partial charge in [0.05, 0.1) is 0 Å². The predicted molar refractivity (Wildman–Crippen MR) is 252 cm³/mol. The molecular formula is C53H96O6. The number of hydrogen-bond acceptors (Lipinski definition) is 6. The van der Waals surface area contributed by atoms with Crippen LogP contribution in [0.15, 0.2) is 36.5 Å². The van der Waals surface area contributed by atoms with Gasteiger partial charge in [-0.2, -0.15) is 0 Å². The van der Waals surface area contributed by atoms with Gasteiger partial charge in [0, 0.05) is 19.3 Å². The van der Waals surface area contributed by atoms with Crippen LogP contribution in [0.1, 0.15) is 265 Å². The number of esters is 3. The zero-order valence-electron chi connectivity index (χ0n) is 39.3. The van der Waals surface area contributed by atoms with Gasteiger partial charge < -0.3 is 14.2 Å². The number of hydrogen-bond donors (Lipinski definition) is 0. The molecule has 0 N–H and O–H groups in total. The van der Waals surface area contributed by atoms with E-state index in [0.29, 0.717) is 25.7 Å². The first-order valence-corrected chi connectivity index (χ1v) is 25.5. The molecule has 0 aromatic heterocycles. The normalized spacial score (nSPS) is 12.3. The number of rotatable bonds is 46. The lowest BCUT2D eigenvalue weighted by Gasteiger charge is -2.18. The maximum atomic E-state index is 12.7. The smallest absolute Gasteiger partial charge is 0.306 e. The summed E-state index contributed by atoms with van der Waals surface area (Å²) in [5.74, 6) is -0.930. The Morgan fingerprint density at radius 1 is 0.356 bits per heavy atom. The van der Waals surface area contributed by atoms with Gasteiger partial charge in [0.25, 0.3) is 0 Å². The molecule has 0 aliphatic heterocycles. The summed E-state index contributed by atoms with van der Waals surface area (Å²) in [6.07, 6.45) is 55.7. The monoisotopic (exact) mass is 829 g/mol. The van der Waals surface area contributed by atoms with E-state index in [2.05, 4.69) is 57.2 Å². The fourth-order valence-electron chi connectivity index (χ4n) is 7.35. The Hall–Kier alpha value is -2.37. The highest BCUT2D eigenvalue weighted by atomic mass is 16.6. The molecule has 0 aliphatic carbocycles. The first-order valence-electron chi connectivity index (χ1n) is 25.5. The third kappa shape index (κ3) is 46.5. The molecule has 0 bridgehead atoms. The van der Waals surface area contributed by atoms with Crippen LogP contribution < -0.4 is 0 Å². The topological polar surface area (TPSA) is 78.9 Å². The van der Waals surface area contributed by atoms with Gasteiger partial charge in [0.1, 0.15) is 13.2 Å². The lowest BCUT2D eigenvalue weighted by atomic mass is 10.0. The maximum absolute atomic E-state index is 12.7. The van der Waals surface area contributed by atoms with Gasteiger partial charge in [0.15, 0.2) is 6.10 Å². The Balaban J connectivity index is 4.32. The van der Waals surface area contributed by atoms with Gasteiger partial charge in [-0.25, -0.2) is 0 Å². The van der Waals surface area contributed by atoms with E-state index in [4.69, 9.17) is 14.2 Å². The van der Waals surface area contributed by atoms with Gasteiger partial charge in [-0.05, 0) is 44.9 Å². The zero-order valence-corrected chi connectivity index (χ0v) is 39.3. The van der Waals surface area contributed by atoms with Crippen molar-refractivity contribution in [1.29, 1.82) is 0 Å². The Labute approximate surface area is 365 Å². The van der Waals surface area contributed by atoms with E-state index in [9.17, 15) is 14.4 Å². The molecule has 1 unspecified atom stereocenters. The van der Waals surface area contributed by atoms with Gasteiger partial charge in [-0.1, -0.05) is 237 Å². The number of carbonyl (C=O) groups excluding carboxylic acids is 3. The molecule has 0 aromatic carbocycles. The molecule has 344 valence electrons. The minimum Gasteiger partial charge on any atom is -0.462 e. The summed E-state index contributed by atoms with van der Waals surface area (Å²) in [5.41, 5.74) is 0. The molecule has 1 atom stereocenters. The highest BCUT2D eigenvalue weighted by Gasteiger charge is 2.19. The van der Waals surface area contributed by atoms with Crippen LogP contribution in [-0.2, 0) is 28.6 Å². The van der Waals surface area contributed by atoms with Crippen LogP contribution in [0.3, 0.4) is 0 Å². The van der Waals surface area contributed by atoms with E-state index in [0.717, 1.165) is 64.2 Å². The van der Waals surface area contributed by atoms with Crippen LogP contribution in [-0.4, -0.2) is 37.2 Å². The van der Waals surface area contributed by atoms with E-state index in [-0.39, 0.29) is 31.1 Å². The van der Waals surface area contributed by atoms with Crippen molar-refractivity contribution in [3.8, 4) is 0 Å². The van der Waals surface area contributed by atoms with E-state index < -0.39 is 6.10 Å². The molecule has 59 heavy (non-hydrogen) atoms. The van der Waals surface area contributed by atoms with Crippen molar-refractivity contribution >= 4 is 17.9 Å². The highest BCUT2D eigenvalue weighted by Crippen LogP contribution is 2.16. The van der Waals surface area contributed by atoms with Gasteiger partial charge in [-0.15, -0.1) is 0 Å². The van der Waals surface area contributed by atoms with E-state index in [1.165, 1.54) is 154 Å². The zero-order chi connectivity index (χ0) is 43.0. The molecule has 6 nitrogen and oxygen atoms in total. The van der Waals surface area contributed by atoms with Crippen molar-refractivity contribution in [2.75, 3.05) is 13.2 Å². The number of unbranched alkanes of at least 4 members (excludes halogenated alkanes) is 29. The van der Waals surface area contributed by atoms with Crippen LogP contribution in [0.25, 0.3) is 0 Å². The van der Waals surface area contributed by atoms with Crippen LogP contribution in [0.2, 0.25) is 0 Å². The van der Waals surface area contributed by atoms with Crippen molar-refractivity contribution in [2.24, 2.45) is 0 Å². The molecular weight excluding hydrogens is 733 g/mol. The third-order valence-corrected chi connectivity index (χ3v) is 11.2.